The molecule has 0 aromatic carbocycles. The second-order valence-electron chi connectivity index (χ2n) is 11.0. The van der Waals surface area contributed by atoms with E-state index in [4.69, 9.17) is 9.47 Å². The Kier molecular flexibility index (Phi) is 3.59. The minimum atomic E-state index is -1.40. The van der Waals surface area contributed by atoms with Crippen molar-refractivity contribution in [1.29, 1.82) is 0 Å². The van der Waals surface area contributed by atoms with Gasteiger partial charge in [0.15, 0.2) is 5.78 Å². The van der Waals surface area contributed by atoms with Gasteiger partial charge in [-0.25, -0.2) is 4.79 Å². The standard InChI is InChI=1S/C23H30O7/c1-20-5-3-13(24)8-12(20)9-15-23(30-15)18(20)17(26)19(27)21(2)14(4-6-22(21,23)28)11-7-16(25)29-10-11/h7,12-15,17-18,24,26,28H,3-6,8-10H2,1-2H3/t12-,13-,14+,15?,17-,18?,20-,21-,22+,23-/m0/s1. The molecule has 1 saturated heterocycles. The highest BCUT2D eigenvalue weighted by Gasteiger charge is 2.88. The smallest absolute Gasteiger partial charge is 0.331 e. The Balaban J connectivity index is 1.47. The first-order chi connectivity index (χ1) is 14.1. The molecular formula is C23H30O7. The van der Waals surface area contributed by atoms with Gasteiger partial charge in [-0.3, -0.25) is 4.79 Å². The van der Waals surface area contributed by atoms with E-state index in [1.165, 1.54) is 6.08 Å². The first kappa shape index (κ1) is 19.4. The summed E-state index contributed by atoms with van der Waals surface area (Å²) in [6, 6.07) is 0. The molecular weight excluding hydrogens is 388 g/mol. The number of aliphatic hydroxyl groups is 3. The second-order valence-corrected chi connectivity index (χ2v) is 11.0. The van der Waals surface area contributed by atoms with E-state index in [-0.39, 0.29) is 41.8 Å². The van der Waals surface area contributed by atoms with Gasteiger partial charge in [-0.05, 0) is 68.3 Å². The Labute approximate surface area is 175 Å². The predicted molar refractivity (Wildman–Crippen MR) is 103 cm³/mol. The van der Waals surface area contributed by atoms with Gasteiger partial charge in [0.05, 0.1) is 17.6 Å². The first-order valence-electron chi connectivity index (χ1n) is 11.3. The van der Waals surface area contributed by atoms with Gasteiger partial charge >= 0.3 is 5.97 Å². The topological polar surface area (TPSA) is 117 Å². The van der Waals surface area contributed by atoms with Crippen LogP contribution in [0.2, 0.25) is 0 Å². The summed E-state index contributed by atoms with van der Waals surface area (Å²) in [6.45, 7) is 3.99. The maximum atomic E-state index is 13.8. The van der Waals surface area contributed by atoms with Gasteiger partial charge in [0, 0.05) is 12.0 Å². The molecule has 0 bridgehead atoms. The average Bonchev–Trinajstić information content (AvgIpc) is 3.14. The van der Waals surface area contributed by atoms with Crippen LogP contribution in [0.1, 0.15) is 52.4 Å². The summed E-state index contributed by atoms with van der Waals surface area (Å²) in [5.41, 5.74) is -3.21. The number of ketones is 1. The third kappa shape index (κ3) is 1.89. The Morgan fingerprint density at radius 3 is 2.57 bits per heavy atom. The zero-order valence-corrected chi connectivity index (χ0v) is 17.5. The highest BCUT2D eigenvalue weighted by atomic mass is 16.6. The zero-order chi connectivity index (χ0) is 21.3. The number of cyclic esters (lactones) is 1. The zero-order valence-electron chi connectivity index (χ0n) is 17.5. The van der Waals surface area contributed by atoms with E-state index in [2.05, 4.69) is 6.92 Å². The number of Topliss-reactive ketones (excluding diaryl/α,β-unsaturated/α-hetero) is 1. The molecule has 2 aliphatic heterocycles. The second kappa shape index (κ2) is 5.55. The molecule has 4 saturated carbocycles. The maximum absolute atomic E-state index is 13.8. The van der Waals surface area contributed by atoms with Gasteiger partial charge in [-0.1, -0.05) is 6.92 Å². The maximum Gasteiger partial charge on any atom is 0.331 e. The molecule has 5 fully saturated rings. The van der Waals surface area contributed by atoms with Crippen LogP contribution in [0.25, 0.3) is 0 Å². The van der Waals surface area contributed by atoms with Crippen LogP contribution in [0.5, 0.6) is 0 Å². The van der Waals surface area contributed by atoms with Crippen molar-refractivity contribution in [2.24, 2.45) is 28.6 Å². The molecule has 3 N–H and O–H groups in total. The molecule has 164 valence electrons. The predicted octanol–water partition coefficient (Wildman–Crippen LogP) is 0.885. The number of carbonyl (C=O) groups excluding carboxylic acids is 2. The number of epoxide rings is 1. The van der Waals surface area contributed by atoms with Crippen LogP contribution in [0.3, 0.4) is 0 Å². The summed E-state index contributed by atoms with van der Waals surface area (Å²) >= 11 is 0. The minimum Gasteiger partial charge on any atom is -0.458 e. The van der Waals surface area contributed by atoms with Crippen LogP contribution >= 0.6 is 0 Å². The van der Waals surface area contributed by atoms with Gasteiger partial charge in [-0.15, -0.1) is 0 Å². The highest BCUT2D eigenvalue weighted by molar-refractivity contribution is 5.94. The molecule has 1 spiro atoms. The fourth-order valence-electron chi connectivity index (χ4n) is 8.61. The van der Waals surface area contributed by atoms with Crippen LogP contribution in [-0.2, 0) is 19.1 Å². The summed E-state index contributed by atoms with van der Waals surface area (Å²) in [5.74, 6) is -1.44. The molecule has 7 nitrogen and oxygen atoms in total. The Bertz CT molecular complexity index is 883. The summed E-state index contributed by atoms with van der Waals surface area (Å²) in [4.78, 5) is 25.5. The van der Waals surface area contributed by atoms with Crippen molar-refractivity contribution in [3.05, 3.63) is 11.6 Å². The molecule has 30 heavy (non-hydrogen) atoms. The number of aliphatic hydroxyl groups excluding tert-OH is 2. The van der Waals surface area contributed by atoms with E-state index in [1.807, 2.05) is 0 Å². The van der Waals surface area contributed by atoms with Crippen molar-refractivity contribution in [2.75, 3.05) is 6.61 Å². The third-order valence-electron chi connectivity index (χ3n) is 10.2. The monoisotopic (exact) mass is 418 g/mol. The van der Waals surface area contributed by atoms with E-state index in [1.54, 1.807) is 6.92 Å². The average molecular weight is 418 g/mol. The number of hydrogen-bond acceptors (Lipinski definition) is 7. The number of fused-ring (bicyclic) bond motifs is 3. The van der Waals surface area contributed by atoms with E-state index in [0.29, 0.717) is 32.1 Å². The van der Waals surface area contributed by atoms with Crippen LogP contribution in [0, 0.1) is 28.6 Å². The molecule has 2 heterocycles. The van der Waals surface area contributed by atoms with Gasteiger partial charge in [0.1, 0.15) is 23.9 Å². The van der Waals surface area contributed by atoms with Gasteiger partial charge < -0.3 is 24.8 Å². The molecule has 2 unspecified atom stereocenters. The fraction of sp³-hybridized carbons (Fsp3) is 0.826. The number of ether oxygens (including phenoxy) is 2. The lowest BCUT2D eigenvalue weighted by molar-refractivity contribution is -0.226. The van der Waals surface area contributed by atoms with Crippen molar-refractivity contribution < 1.29 is 34.4 Å². The van der Waals surface area contributed by atoms with Crippen molar-refractivity contribution in [2.45, 2.75) is 81.9 Å². The largest absolute Gasteiger partial charge is 0.458 e. The lowest BCUT2D eigenvalue weighted by Gasteiger charge is -2.62. The number of rotatable bonds is 1. The molecule has 6 aliphatic rings. The fourth-order valence-corrected chi connectivity index (χ4v) is 8.61. The SMILES string of the molecule is C[C@]12CC[C@H](O)C[C@H]1CC1O[C@]13C2[C@H](O)C(=O)[C@]1(C)[C@@H](C2=CC(=O)OC2)CC[C@]31O. The normalized spacial score (nSPS) is 58.9. The van der Waals surface area contributed by atoms with Gasteiger partial charge in [0.25, 0.3) is 0 Å². The van der Waals surface area contributed by atoms with Crippen molar-refractivity contribution in [3.8, 4) is 0 Å². The quantitative estimate of drug-likeness (QED) is 0.428. The van der Waals surface area contributed by atoms with Crippen LogP contribution in [0.15, 0.2) is 11.6 Å². The third-order valence-corrected chi connectivity index (χ3v) is 10.2. The Morgan fingerprint density at radius 1 is 1.10 bits per heavy atom. The lowest BCUT2D eigenvalue weighted by atomic mass is 9.41. The van der Waals surface area contributed by atoms with Crippen LogP contribution in [-0.4, -0.2) is 63.2 Å². The van der Waals surface area contributed by atoms with E-state index in [0.717, 1.165) is 12.0 Å². The van der Waals surface area contributed by atoms with Crippen molar-refractivity contribution >= 4 is 11.8 Å². The van der Waals surface area contributed by atoms with E-state index in [9.17, 15) is 24.9 Å². The molecule has 0 aromatic rings. The van der Waals surface area contributed by atoms with E-state index < -0.39 is 34.6 Å². The van der Waals surface area contributed by atoms with Gasteiger partial charge in [-0.2, -0.15) is 0 Å². The molecule has 10 atom stereocenters. The van der Waals surface area contributed by atoms with Crippen LogP contribution < -0.4 is 0 Å². The first-order valence-corrected chi connectivity index (χ1v) is 11.3. The number of carbonyl (C=O) groups is 2. The molecule has 7 heteroatoms. The summed E-state index contributed by atoms with van der Waals surface area (Å²) in [5, 5.41) is 33.9. The van der Waals surface area contributed by atoms with Gasteiger partial charge in [0.2, 0.25) is 0 Å². The molecule has 0 radical (unpaired) electrons. The molecule has 0 aromatic heterocycles. The van der Waals surface area contributed by atoms with Crippen LogP contribution in [0.4, 0.5) is 0 Å². The Hall–Kier alpha value is -1.28. The Morgan fingerprint density at radius 2 is 1.87 bits per heavy atom. The van der Waals surface area contributed by atoms with Crippen molar-refractivity contribution in [3.63, 3.8) is 0 Å². The minimum absolute atomic E-state index is 0.136. The highest BCUT2D eigenvalue weighted by Crippen LogP contribution is 2.76. The number of esters is 1. The lowest BCUT2D eigenvalue weighted by Crippen LogP contribution is -2.75. The van der Waals surface area contributed by atoms with Crippen molar-refractivity contribution in [1.82, 2.24) is 0 Å². The molecule has 6 rings (SSSR count). The summed E-state index contributed by atoms with van der Waals surface area (Å²) in [7, 11) is 0. The number of hydrogen-bond donors (Lipinski definition) is 3. The molecule has 4 aliphatic carbocycles. The summed E-state index contributed by atoms with van der Waals surface area (Å²) < 4.78 is 11.4. The molecule has 0 amide bonds. The van der Waals surface area contributed by atoms with E-state index >= 15 is 0 Å². The summed E-state index contributed by atoms with van der Waals surface area (Å²) in [6.07, 6.45) is 3.30.